The summed E-state index contributed by atoms with van der Waals surface area (Å²) >= 11 is 0. The van der Waals surface area contributed by atoms with Gasteiger partial charge in [-0.05, 0) is 42.8 Å². The minimum absolute atomic E-state index is 0.117. The Labute approximate surface area is 188 Å². The van der Waals surface area contributed by atoms with E-state index in [0.717, 1.165) is 24.3 Å². The summed E-state index contributed by atoms with van der Waals surface area (Å²) in [5, 5.41) is 0. The van der Waals surface area contributed by atoms with Gasteiger partial charge in [-0.25, -0.2) is 0 Å². The third-order valence-corrected chi connectivity index (χ3v) is 7.15. The van der Waals surface area contributed by atoms with Crippen LogP contribution in [0.25, 0.3) is 0 Å². The topological polar surface area (TPSA) is 52.5 Å². The zero-order valence-electron chi connectivity index (χ0n) is 17.2. The Bertz CT molecular complexity index is 889. The van der Waals surface area contributed by atoms with Crippen LogP contribution in [0.3, 0.4) is 0 Å². The average molecular weight is 474 g/mol. The standard InChI is InChI=1S/C22H25N2O4P3/c1-2-3-19-25-24(30-27-21-15-9-5-10-16-21)31(28-22-17-11-6-12-18-22)23-29-26-20-13-7-4-8-14-20/h4-18,30H,2-3,19H2,1H3. The molecule has 162 valence electrons. The van der Waals surface area contributed by atoms with Crippen molar-refractivity contribution in [3.63, 3.8) is 0 Å². The Morgan fingerprint density at radius 2 is 1.42 bits per heavy atom. The SMILES string of the molecule is CCCCON(POc1ccccc1)P(N=POc1ccccc1)Oc1ccccc1. The van der Waals surface area contributed by atoms with E-state index in [0.29, 0.717) is 21.0 Å². The summed E-state index contributed by atoms with van der Waals surface area (Å²) in [6, 6.07) is 28.8. The first kappa shape index (κ1) is 23.6. The highest BCUT2D eigenvalue weighted by Crippen LogP contribution is 2.52. The molecule has 0 heterocycles. The van der Waals surface area contributed by atoms with Crippen molar-refractivity contribution < 1.29 is 18.4 Å². The van der Waals surface area contributed by atoms with E-state index < -0.39 is 8.45 Å². The minimum atomic E-state index is -1.52. The van der Waals surface area contributed by atoms with E-state index in [2.05, 4.69) is 11.4 Å². The predicted octanol–water partition coefficient (Wildman–Crippen LogP) is 8.04. The quantitative estimate of drug-likeness (QED) is 0.143. The lowest BCUT2D eigenvalue weighted by Crippen LogP contribution is -2.13. The summed E-state index contributed by atoms with van der Waals surface area (Å²) in [6.45, 7) is 2.68. The van der Waals surface area contributed by atoms with Gasteiger partial charge >= 0.3 is 8.45 Å². The Morgan fingerprint density at radius 3 is 2.03 bits per heavy atom. The molecule has 0 bridgehead atoms. The highest BCUT2D eigenvalue weighted by molar-refractivity contribution is 7.60. The van der Waals surface area contributed by atoms with Crippen LogP contribution < -0.4 is 13.6 Å². The third kappa shape index (κ3) is 8.91. The van der Waals surface area contributed by atoms with Gasteiger partial charge in [0.25, 0.3) is 8.60 Å². The Morgan fingerprint density at radius 1 is 0.839 bits per heavy atom. The highest BCUT2D eigenvalue weighted by atomic mass is 31.2. The molecule has 0 aliphatic heterocycles. The first-order valence-electron chi connectivity index (χ1n) is 9.92. The molecule has 3 rings (SSSR count). The van der Waals surface area contributed by atoms with Crippen LogP contribution in [0.5, 0.6) is 17.2 Å². The summed E-state index contributed by atoms with van der Waals surface area (Å²) in [6.07, 6.45) is 1.96. The Hall–Kier alpha value is -2.06. The molecule has 0 N–H and O–H groups in total. The fourth-order valence-corrected chi connectivity index (χ4v) is 5.19. The van der Waals surface area contributed by atoms with Gasteiger partial charge in [0.15, 0.2) is 8.96 Å². The molecule has 3 aromatic rings. The van der Waals surface area contributed by atoms with Crippen LogP contribution in [0.15, 0.2) is 95.5 Å². The van der Waals surface area contributed by atoms with Crippen molar-refractivity contribution in [2.24, 2.45) is 4.52 Å². The van der Waals surface area contributed by atoms with Crippen LogP contribution in [-0.2, 0) is 4.84 Å². The van der Waals surface area contributed by atoms with E-state index >= 15 is 0 Å². The summed E-state index contributed by atoms with van der Waals surface area (Å²) in [5.74, 6) is 2.21. The molecule has 0 spiro atoms. The van der Waals surface area contributed by atoms with Gasteiger partial charge in [-0.3, -0.25) is 4.84 Å². The third-order valence-electron chi connectivity index (χ3n) is 3.78. The van der Waals surface area contributed by atoms with Gasteiger partial charge in [0.05, 0.1) is 6.61 Å². The maximum Gasteiger partial charge on any atom is 0.337 e. The second kappa shape index (κ2) is 14.1. The van der Waals surface area contributed by atoms with Crippen molar-refractivity contribution in [2.45, 2.75) is 19.8 Å². The molecule has 31 heavy (non-hydrogen) atoms. The lowest BCUT2D eigenvalue weighted by molar-refractivity contribution is -0.0180. The molecule has 0 saturated heterocycles. The van der Waals surface area contributed by atoms with E-state index in [1.807, 2.05) is 91.0 Å². The number of hydrogen-bond donors (Lipinski definition) is 0. The number of rotatable bonds is 13. The van der Waals surface area contributed by atoms with E-state index in [4.69, 9.17) is 18.4 Å². The molecule has 9 heteroatoms. The van der Waals surface area contributed by atoms with Crippen molar-refractivity contribution in [3.8, 4) is 17.2 Å². The number of hydrogen-bond acceptors (Lipinski definition) is 6. The lowest BCUT2D eigenvalue weighted by Gasteiger charge is -2.25. The molecule has 0 amide bonds. The van der Waals surface area contributed by atoms with Gasteiger partial charge in [-0.2, -0.15) is 0 Å². The number of para-hydroxylation sites is 3. The molecular formula is C22H25N2O4P3. The van der Waals surface area contributed by atoms with Gasteiger partial charge in [-0.15, -0.1) is 4.52 Å². The fourth-order valence-electron chi connectivity index (χ4n) is 2.23. The van der Waals surface area contributed by atoms with Crippen LogP contribution in [0.2, 0.25) is 0 Å². The number of nitrogens with zero attached hydrogens (tertiary/aromatic N) is 2. The lowest BCUT2D eigenvalue weighted by atomic mass is 10.3. The highest BCUT2D eigenvalue weighted by Gasteiger charge is 2.25. The second-order valence-corrected chi connectivity index (χ2v) is 9.48. The zero-order valence-corrected chi connectivity index (χ0v) is 20.0. The van der Waals surface area contributed by atoms with Gasteiger partial charge in [0.2, 0.25) is 0 Å². The zero-order chi connectivity index (χ0) is 21.6. The average Bonchev–Trinajstić information content (AvgIpc) is 2.83. The summed E-state index contributed by atoms with van der Waals surface area (Å²) in [7, 11) is -1.22. The van der Waals surface area contributed by atoms with Crippen molar-refractivity contribution in [3.05, 3.63) is 91.0 Å². The molecule has 2 unspecified atom stereocenters. The molecule has 0 aliphatic rings. The van der Waals surface area contributed by atoms with Gasteiger partial charge in [0, 0.05) is 0 Å². The van der Waals surface area contributed by atoms with E-state index in [1.54, 1.807) is 4.60 Å². The minimum Gasteiger partial charge on any atom is -0.458 e. The molecular weight excluding hydrogens is 449 g/mol. The molecule has 0 saturated carbocycles. The largest absolute Gasteiger partial charge is 0.458 e. The molecule has 0 fully saturated rings. The normalized spacial score (nSPS) is 12.5. The smallest absolute Gasteiger partial charge is 0.337 e. The fraction of sp³-hybridized carbons (Fsp3) is 0.182. The van der Waals surface area contributed by atoms with Crippen molar-refractivity contribution >= 4 is 26.0 Å². The molecule has 6 nitrogen and oxygen atoms in total. The van der Waals surface area contributed by atoms with E-state index in [9.17, 15) is 0 Å². The van der Waals surface area contributed by atoms with Crippen LogP contribution in [0.4, 0.5) is 0 Å². The summed E-state index contributed by atoms with van der Waals surface area (Å²) in [5.41, 5.74) is 0. The second-order valence-electron chi connectivity index (χ2n) is 6.20. The number of unbranched alkanes of at least 4 members (excludes halogenated alkanes) is 1. The maximum absolute atomic E-state index is 6.17. The van der Waals surface area contributed by atoms with E-state index in [-0.39, 0.29) is 8.96 Å². The van der Waals surface area contributed by atoms with E-state index in [1.165, 1.54) is 0 Å². The van der Waals surface area contributed by atoms with Crippen LogP contribution >= 0.6 is 26.0 Å². The molecule has 0 aromatic heterocycles. The molecule has 2 atom stereocenters. The van der Waals surface area contributed by atoms with Crippen LogP contribution in [-0.4, -0.2) is 11.2 Å². The maximum atomic E-state index is 6.17. The molecule has 3 aromatic carbocycles. The van der Waals surface area contributed by atoms with Gasteiger partial charge in [-0.1, -0.05) is 72.5 Å². The van der Waals surface area contributed by atoms with Crippen molar-refractivity contribution in [1.29, 1.82) is 0 Å². The first-order chi connectivity index (χ1) is 15.3. The Balaban J connectivity index is 1.74. The number of benzene rings is 3. The molecule has 0 radical (unpaired) electrons. The van der Waals surface area contributed by atoms with Gasteiger partial charge in [0.1, 0.15) is 17.2 Å². The monoisotopic (exact) mass is 474 g/mol. The van der Waals surface area contributed by atoms with Crippen LogP contribution in [0, 0.1) is 0 Å². The predicted molar refractivity (Wildman–Crippen MR) is 128 cm³/mol. The summed E-state index contributed by atoms with van der Waals surface area (Å²) < 4.78 is 24.2. The van der Waals surface area contributed by atoms with Gasteiger partial charge < -0.3 is 13.6 Å². The Kier molecular flexibility index (Phi) is 10.7. The van der Waals surface area contributed by atoms with Crippen molar-refractivity contribution in [2.75, 3.05) is 6.61 Å². The first-order valence-corrected chi connectivity index (χ1v) is 12.7. The van der Waals surface area contributed by atoms with Crippen LogP contribution in [0.1, 0.15) is 19.8 Å². The summed E-state index contributed by atoms with van der Waals surface area (Å²) in [4.78, 5) is 6.01. The molecule has 0 aliphatic carbocycles. The van der Waals surface area contributed by atoms with Crippen molar-refractivity contribution in [1.82, 2.24) is 4.60 Å².